The highest BCUT2D eigenvalue weighted by Gasteiger charge is 2.13. The van der Waals surface area contributed by atoms with Crippen LogP contribution in [0.25, 0.3) is 11.1 Å². The van der Waals surface area contributed by atoms with Gasteiger partial charge in [0.05, 0.1) is 5.56 Å². The van der Waals surface area contributed by atoms with E-state index in [1.54, 1.807) is 49.4 Å². The van der Waals surface area contributed by atoms with Gasteiger partial charge in [0.1, 0.15) is 5.75 Å². The third-order valence-corrected chi connectivity index (χ3v) is 2.75. The van der Waals surface area contributed by atoms with Crippen molar-refractivity contribution >= 4 is 5.97 Å². The Hall–Kier alpha value is -2.29. The minimum absolute atomic E-state index is 0.169. The van der Waals surface area contributed by atoms with Gasteiger partial charge in [0.15, 0.2) is 0 Å². The lowest BCUT2D eigenvalue weighted by molar-refractivity contribution is 0.0697. The molecule has 0 aliphatic rings. The van der Waals surface area contributed by atoms with E-state index in [2.05, 4.69) is 0 Å². The van der Waals surface area contributed by atoms with E-state index in [0.29, 0.717) is 11.1 Å². The van der Waals surface area contributed by atoms with Gasteiger partial charge >= 0.3 is 5.97 Å². The van der Waals surface area contributed by atoms with Crippen molar-refractivity contribution in [2.45, 2.75) is 6.92 Å². The molecule has 2 N–H and O–H groups in total. The molecule has 2 aromatic carbocycles. The van der Waals surface area contributed by atoms with Crippen LogP contribution in [-0.4, -0.2) is 16.2 Å². The van der Waals surface area contributed by atoms with Crippen LogP contribution in [0.2, 0.25) is 0 Å². The predicted octanol–water partition coefficient (Wildman–Crippen LogP) is 3.07. The minimum Gasteiger partial charge on any atom is -0.508 e. The molecule has 0 saturated carbocycles. The van der Waals surface area contributed by atoms with E-state index in [1.807, 2.05) is 0 Å². The van der Waals surface area contributed by atoms with Crippen LogP contribution >= 0.6 is 0 Å². The van der Waals surface area contributed by atoms with Crippen LogP contribution in [0, 0.1) is 6.92 Å². The third-order valence-electron chi connectivity index (χ3n) is 2.75. The van der Waals surface area contributed by atoms with E-state index in [9.17, 15) is 9.90 Å². The fraction of sp³-hybridized carbons (Fsp3) is 0.0714. The summed E-state index contributed by atoms with van der Waals surface area (Å²) in [5, 5.41) is 18.8. The van der Waals surface area contributed by atoms with Gasteiger partial charge in [-0.3, -0.25) is 0 Å². The molecular formula is C14H12O3. The van der Waals surface area contributed by atoms with Crippen molar-refractivity contribution < 1.29 is 15.0 Å². The molecule has 0 saturated heterocycles. The Kier molecular flexibility index (Phi) is 2.83. The molecule has 0 bridgehead atoms. The van der Waals surface area contributed by atoms with Gasteiger partial charge in [-0.05, 0) is 35.7 Å². The molecule has 0 aliphatic heterocycles. The highest BCUT2D eigenvalue weighted by Crippen LogP contribution is 2.31. The smallest absolute Gasteiger partial charge is 0.336 e. The molecule has 0 radical (unpaired) electrons. The summed E-state index contributed by atoms with van der Waals surface area (Å²) in [5.74, 6) is -0.800. The van der Waals surface area contributed by atoms with Crippen molar-refractivity contribution in [3.63, 3.8) is 0 Å². The topological polar surface area (TPSA) is 57.5 Å². The Bertz CT molecular complexity index is 573. The molecule has 3 nitrogen and oxygen atoms in total. The molecule has 2 rings (SSSR count). The van der Waals surface area contributed by atoms with Gasteiger partial charge < -0.3 is 10.2 Å². The summed E-state index contributed by atoms with van der Waals surface area (Å²) in [4.78, 5) is 11.1. The average molecular weight is 228 g/mol. The van der Waals surface area contributed by atoms with Crippen LogP contribution in [0.4, 0.5) is 0 Å². The van der Waals surface area contributed by atoms with Crippen molar-refractivity contribution in [2.75, 3.05) is 0 Å². The Morgan fingerprint density at radius 3 is 2.35 bits per heavy atom. The Morgan fingerprint density at radius 1 is 1.00 bits per heavy atom. The number of rotatable bonds is 2. The first-order valence-corrected chi connectivity index (χ1v) is 5.22. The number of hydrogen-bond acceptors (Lipinski definition) is 2. The van der Waals surface area contributed by atoms with Gasteiger partial charge in [-0.1, -0.05) is 30.3 Å². The van der Waals surface area contributed by atoms with E-state index in [1.165, 1.54) is 0 Å². The lowest BCUT2D eigenvalue weighted by Gasteiger charge is -2.10. The summed E-state index contributed by atoms with van der Waals surface area (Å²) < 4.78 is 0. The van der Waals surface area contributed by atoms with Crippen molar-refractivity contribution in [1.82, 2.24) is 0 Å². The summed E-state index contributed by atoms with van der Waals surface area (Å²) >= 11 is 0. The fourth-order valence-corrected chi connectivity index (χ4v) is 1.82. The number of carboxylic acid groups (broad SMARTS) is 1. The normalized spacial score (nSPS) is 10.2. The monoisotopic (exact) mass is 228 g/mol. The van der Waals surface area contributed by atoms with Gasteiger partial charge in [-0.25, -0.2) is 4.79 Å². The van der Waals surface area contributed by atoms with Crippen LogP contribution in [0.15, 0.2) is 42.5 Å². The molecule has 0 unspecified atom stereocenters. The highest BCUT2D eigenvalue weighted by atomic mass is 16.4. The summed E-state index contributed by atoms with van der Waals surface area (Å²) in [6, 6.07) is 11.9. The zero-order valence-corrected chi connectivity index (χ0v) is 9.34. The number of phenols is 1. The summed E-state index contributed by atoms with van der Waals surface area (Å²) in [5.41, 5.74) is 2.28. The predicted molar refractivity (Wildman–Crippen MR) is 65.2 cm³/mol. The summed E-state index contributed by atoms with van der Waals surface area (Å²) in [7, 11) is 0. The van der Waals surface area contributed by atoms with Crippen LogP contribution in [0.1, 0.15) is 15.9 Å². The number of aromatic carboxylic acids is 1. The van der Waals surface area contributed by atoms with Crippen molar-refractivity contribution in [2.24, 2.45) is 0 Å². The van der Waals surface area contributed by atoms with Gasteiger partial charge in [0.25, 0.3) is 0 Å². The lowest BCUT2D eigenvalue weighted by Crippen LogP contribution is -1.99. The van der Waals surface area contributed by atoms with Crippen molar-refractivity contribution in [3.05, 3.63) is 53.6 Å². The molecule has 86 valence electrons. The second-order valence-electron chi connectivity index (χ2n) is 3.80. The van der Waals surface area contributed by atoms with Gasteiger partial charge in [-0.2, -0.15) is 0 Å². The largest absolute Gasteiger partial charge is 0.508 e. The minimum atomic E-state index is -0.969. The van der Waals surface area contributed by atoms with Gasteiger partial charge in [0, 0.05) is 0 Å². The van der Waals surface area contributed by atoms with E-state index in [-0.39, 0.29) is 11.3 Å². The van der Waals surface area contributed by atoms with Crippen LogP contribution in [-0.2, 0) is 0 Å². The van der Waals surface area contributed by atoms with E-state index >= 15 is 0 Å². The Labute approximate surface area is 99.0 Å². The van der Waals surface area contributed by atoms with E-state index in [4.69, 9.17) is 5.11 Å². The summed E-state index contributed by atoms with van der Waals surface area (Å²) in [6.45, 7) is 1.77. The standard InChI is InChI=1S/C14H12O3/c1-9-10(7-4-8-13(9)15)11-5-2-3-6-12(11)14(16)17/h2-8,15H,1H3,(H,16,17). The maximum atomic E-state index is 11.1. The molecule has 0 fully saturated rings. The van der Waals surface area contributed by atoms with Crippen molar-refractivity contribution in [1.29, 1.82) is 0 Å². The molecule has 3 heteroatoms. The van der Waals surface area contributed by atoms with Crippen LogP contribution in [0.3, 0.4) is 0 Å². The maximum Gasteiger partial charge on any atom is 0.336 e. The van der Waals surface area contributed by atoms with Crippen LogP contribution in [0.5, 0.6) is 5.75 Å². The average Bonchev–Trinajstić information content (AvgIpc) is 2.33. The van der Waals surface area contributed by atoms with Gasteiger partial charge in [-0.15, -0.1) is 0 Å². The Morgan fingerprint density at radius 2 is 1.65 bits per heavy atom. The van der Waals surface area contributed by atoms with Crippen molar-refractivity contribution in [3.8, 4) is 16.9 Å². The second-order valence-corrected chi connectivity index (χ2v) is 3.80. The van der Waals surface area contributed by atoms with E-state index < -0.39 is 5.97 Å². The zero-order valence-electron chi connectivity index (χ0n) is 9.34. The molecule has 0 heterocycles. The molecule has 0 amide bonds. The number of carbonyl (C=O) groups is 1. The first-order chi connectivity index (χ1) is 8.11. The lowest BCUT2D eigenvalue weighted by atomic mass is 9.95. The fourth-order valence-electron chi connectivity index (χ4n) is 1.82. The zero-order chi connectivity index (χ0) is 12.4. The maximum absolute atomic E-state index is 11.1. The first kappa shape index (κ1) is 11.2. The quantitative estimate of drug-likeness (QED) is 0.830. The molecule has 0 atom stereocenters. The molecule has 0 aliphatic carbocycles. The Balaban J connectivity index is 2.69. The number of benzene rings is 2. The SMILES string of the molecule is Cc1c(O)cccc1-c1ccccc1C(=O)O. The molecule has 0 spiro atoms. The second kappa shape index (κ2) is 4.29. The summed E-state index contributed by atoms with van der Waals surface area (Å²) in [6.07, 6.45) is 0. The highest BCUT2D eigenvalue weighted by molar-refractivity contribution is 5.96. The van der Waals surface area contributed by atoms with Gasteiger partial charge in [0.2, 0.25) is 0 Å². The first-order valence-electron chi connectivity index (χ1n) is 5.22. The number of hydrogen-bond donors (Lipinski definition) is 2. The number of carboxylic acids is 1. The molecule has 0 aromatic heterocycles. The molecule has 17 heavy (non-hydrogen) atoms. The number of phenolic OH excluding ortho intramolecular Hbond substituents is 1. The number of aromatic hydroxyl groups is 1. The van der Waals surface area contributed by atoms with Crippen LogP contribution < -0.4 is 0 Å². The third kappa shape index (κ3) is 1.99. The molecular weight excluding hydrogens is 216 g/mol. The molecule has 2 aromatic rings. The van der Waals surface area contributed by atoms with E-state index in [0.717, 1.165) is 5.56 Å².